The van der Waals surface area contributed by atoms with E-state index in [9.17, 15) is 9.59 Å². The summed E-state index contributed by atoms with van der Waals surface area (Å²) in [6.45, 7) is 5.89. The maximum Gasteiger partial charge on any atom is 0.340 e. The zero-order chi connectivity index (χ0) is 19.2. The Balaban J connectivity index is 1.70. The molecule has 2 aromatic heterocycles. The van der Waals surface area contributed by atoms with Gasteiger partial charge in [0.25, 0.3) is 5.95 Å². The van der Waals surface area contributed by atoms with Gasteiger partial charge in [0, 0.05) is 11.5 Å². The summed E-state index contributed by atoms with van der Waals surface area (Å²) in [4.78, 5) is 24.6. The molecule has 27 heavy (non-hydrogen) atoms. The van der Waals surface area contributed by atoms with Crippen LogP contribution < -0.4 is 15.7 Å². The van der Waals surface area contributed by atoms with Crippen molar-refractivity contribution in [2.45, 2.75) is 45.6 Å². The second-order valence-corrected chi connectivity index (χ2v) is 7.27. The molecule has 3 aromatic rings. The maximum absolute atomic E-state index is 12.5. The average Bonchev–Trinajstić information content (AvgIpc) is 3.09. The van der Waals surface area contributed by atoms with Crippen molar-refractivity contribution < 1.29 is 13.9 Å². The van der Waals surface area contributed by atoms with Crippen LogP contribution in [0.5, 0.6) is 5.75 Å². The Bertz CT molecular complexity index is 1090. The van der Waals surface area contributed by atoms with E-state index in [-0.39, 0.29) is 18.0 Å². The molecule has 0 atom stereocenters. The molecule has 2 N–H and O–H groups in total. The molecule has 0 saturated heterocycles. The number of rotatable bonds is 3. The number of aryl methyl sites for hydroxylation is 2. The molecule has 9 heteroatoms. The number of amides is 1. The number of carbonyl (C=O) groups is 1. The third-order valence-corrected chi connectivity index (χ3v) is 4.78. The minimum absolute atomic E-state index is 0.0525. The minimum Gasteiger partial charge on any atom is -0.487 e. The lowest BCUT2D eigenvalue weighted by Crippen LogP contribution is -2.32. The third-order valence-electron chi connectivity index (χ3n) is 4.78. The van der Waals surface area contributed by atoms with Gasteiger partial charge >= 0.3 is 5.63 Å². The SMILES string of the molecule is Cc1c(CC(=O)Nc2nn[nH]n2)c(=O)oc2cc3c(cc12)CCC(C)(C)O3. The van der Waals surface area contributed by atoms with E-state index in [1.54, 1.807) is 6.07 Å². The summed E-state index contributed by atoms with van der Waals surface area (Å²) in [5.74, 6) is 0.370. The van der Waals surface area contributed by atoms with Gasteiger partial charge in [-0.15, -0.1) is 5.10 Å². The average molecular weight is 369 g/mol. The largest absolute Gasteiger partial charge is 0.487 e. The predicted molar refractivity (Wildman–Crippen MR) is 96.8 cm³/mol. The number of nitrogens with zero attached hydrogens (tertiary/aromatic N) is 3. The van der Waals surface area contributed by atoms with Crippen LogP contribution in [0.3, 0.4) is 0 Å². The highest BCUT2D eigenvalue weighted by Crippen LogP contribution is 2.36. The van der Waals surface area contributed by atoms with Crippen molar-refractivity contribution in [3.05, 3.63) is 39.2 Å². The van der Waals surface area contributed by atoms with Crippen LogP contribution in [-0.2, 0) is 17.6 Å². The molecule has 3 heterocycles. The van der Waals surface area contributed by atoms with Crippen LogP contribution in [0, 0.1) is 6.92 Å². The number of nitrogens with one attached hydrogen (secondary N) is 2. The van der Waals surface area contributed by atoms with Gasteiger partial charge in [0.1, 0.15) is 16.9 Å². The molecular formula is C18H19N5O4. The minimum atomic E-state index is -0.543. The van der Waals surface area contributed by atoms with Crippen molar-refractivity contribution in [1.29, 1.82) is 0 Å². The fourth-order valence-electron chi connectivity index (χ4n) is 3.28. The first-order chi connectivity index (χ1) is 12.8. The standard InChI is InChI=1S/C18H19N5O4/c1-9-11-6-10-4-5-18(2,3)27-13(10)8-14(11)26-16(25)12(9)7-15(24)19-17-20-22-23-21-17/h6,8H,4-5,7H2,1-3H3,(H2,19,20,21,22,23,24). The molecule has 0 aliphatic carbocycles. The highest BCUT2D eigenvalue weighted by Gasteiger charge is 2.27. The highest BCUT2D eigenvalue weighted by molar-refractivity contribution is 5.92. The lowest BCUT2D eigenvalue weighted by Gasteiger charge is -2.32. The van der Waals surface area contributed by atoms with Crippen molar-refractivity contribution in [3.63, 3.8) is 0 Å². The first kappa shape index (κ1) is 17.2. The third kappa shape index (κ3) is 3.27. The van der Waals surface area contributed by atoms with Crippen molar-refractivity contribution in [1.82, 2.24) is 20.6 Å². The van der Waals surface area contributed by atoms with Crippen molar-refractivity contribution >= 4 is 22.8 Å². The number of tetrazole rings is 1. The molecule has 0 saturated carbocycles. The zero-order valence-electron chi connectivity index (χ0n) is 15.3. The molecule has 1 aromatic carbocycles. The summed E-state index contributed by atoms with van der Waals surface area (Å²) in [5.41, 5.74) is 1.76. The quantitative estimate of drug-likeness (QED) is 0.676. The van der Waals surface area contributed by atoms with Crippen LogP contribution in [0.4, 0.5) is 5.95 Å². The summed E-state index contributed by atoms with van der Waals surface area (Å²) in [5, 5.41) is 16.2. The van der Waals surface area contributed by atoms with E-state index in [1.807, 2.05) is 26.8 Å². The van der Waals surface area contributed by atoms with Gasteiger partial charge < -0.3 is 9.15 Å². The second-order valence-electron chi connectivity index (χ2n) is 7.27. The van der Waals surface area contributed by atoms with Crippen LogP contribution in [0.2, 0.25) is 0 Å². The number of ether oxygens (including phenoxy) is 1. The van der Waals surface area contributed by atoms with Gasteiger partial charge in [-0.3, -0.25) is 10.1 Å². The Hall–Kier alpha value is -3.23. The number of aromatic nitrogens is 4. The summed E-state index contributed by atoms with van der Waals surface area (Å²) in [7, 11) is 0. The Morgan fingerprint density at radius 2 is 2.19 bits per heavy atom. The first-order valence-corrected chi connectivity index (χ1v) is 8.64. The number of fused-ring (bicyclic) bond motifs is 2. The molecule has 9 nitrogen and oxygen atoms in total. The molecule has 0 radical (unpaired) electrons. The molecule has 0 fully saturated rings. The molecule has 1 aliphatic rings. The molecule has 1 amide bonds. The zero-order valence-corrected chi connectivity index (χ0v) is 15.3. The van der Waals surface area contributed by atoms with Crippen LogP contribution >= 0.6 is 0 Å². The molecule has 4 rings (SSSR count). The Kier molecular flexibility index (Phi) is 3.94. The summed E-state index contributed by atoms with van der Waals surface area (Å²) >= 11 is 0. The number of hydrogen-bond acceptors (Lipinski definition) is 7. The van der Waals surface area contributed by atoms with Gasteiger partial charge in [0.2, 0.25) is 5.91 Å². The summed E-state index contributed by atoms with van der Waals surface area (Å²) in [6.07, 6.45) is 1.64. The number of anilines is 1. The second kappa shape index (κ2) is 6.19. The van der Waals surface area contributed by atoms with Gasteiger partial charge in [-0.2, -0.15) is 5.21 Å². The van der Waals surface area contributed by atoms with Crippen LogP contribution in [0.25, 0.3) is 11.0 Å². The number of benzene rings is 1. The fraction of sp³-hybridized carbons (Fsp3) is 0.389. The van der Waals surface area contributed by atoms with Crippen LogP contribution in [0.1, 0.15) is 37.0 Å². The molecule has 0 bridgehead atoms. The van der Waals surface area contributed by atoms with E-state index in [0.717, 1.165) is 35.1 Å². The molecular weight excluding hydrogens is 350 g/mol. The molecule has 0 unspecified atom stereocenters. The van der Waals surface area contributed by atoms with Gasteiger partial charge in [-0.05, 0) is 56.0 Å². The van der Waals surface area contributed by atoms with Crippen LogP contribution in [0.15, 0.2) is 21.3 Å². The van der Waals surface area contributed by atoms with Crippen molar-refractivity contribution in [2.24, 2.45) is 0 Å². The Labute approximate surface area is 154 Å². The van der Waals surface area contributed by atoms with Gasteiger partial charge in [0.15, 0.2) is 0 Å². The van der Waals surface area contributed by atoms with E-state index in [4.69, 9.17) is 9.15 Å². The van der Waals surface area contributed by atoms with E-state index >= 15 is 0 Å². The fourth-order valence-corrected chi connectivity index (χ4v) is 3.28. The molecule has 1 aliphatic heterocycles. The summed E-state index contributed by atoms with van der Waals surface area (Å²) in [6, 6.07) is 3.75. The smallest absolute Gasteiger partial charge is 0.340 e. The topological polar surface area (TPSA) is 123 Å². The molecule has 140 valence electrons. The maximum atomic E-state index is 12.5. The van der Waals surface area contributed by atoms with E-state index < -0.39 is 11.5 Å². The van der Waals surface area contributed by atoms with Crippen molar-refractivity contribution in [3.8, 4) is 5.75 Å². The summed E-state index contributed by atoms with van der Waals surface area (Å²) < 4.78 is 11.5. The lowest BCUT2D eigenvalue weighted by molar-refractivity contribution is -0.115. The van der Waals surface area contributed by atoms with Gasteiger partial charge in [-0.25, -0.2) is 4.79 Å². The number of hydrogen-bond donors (Lipinski definition) is 2. The normalized spacial score (nSPS) is 15.2. The Morgan fingerprint density at radius 1 is 1.37 bits per heavy atom. The van der Waals surface area contributed by atoms with E-state index in [2.05, 4.69) is 25.9 Å². The van der Waals surface area contributed by atoms with E-state index in [0.29, 0.717) is 11.1 Å². The van der Waals surface area contributed by atoms with Gasteiger partial charge in [0.05, 0.1) is 12.0 Å². The van der Waals surface area contributed by atoms with Crippen molar-refractivity contribution in [2.75, 3.05) is 5.32 Å². The number of aromatic amines is 1. The number of carbonyl (C=O) groups excluding carboxylic acids is 1. The highest BCUT2D eigenvalue weighted by atomic mass is 16.5. The number of H-pyrrole nitrogens is 1. The molecule has 0 spiro atoms. The van der Waals surface area contributed by atoms with Crippen LogP contribution in [-0.4, -0.2) is 32.1 Å². The lowest BCUT2D eigenvalue weighted by atomic mass is 9.92. The monoisotopic (exact) mass is 369 g/mol. The van der Waals surface area contributed by atoms with Gasteiger partial charge in [-0.1, -0.05) is 5.10 Å². The Morgan fingerprint density at radius 3 is 2.93 bits per heavy atom. The first-order valence-electron chi connectivity index (χ1n) is 8.64. The predicted octanol–water partition coefficient (Wildman–Crippen LogP) is 1.90. The van der Waals surface area contributed by atoms with E-state index in [1.165, 1.54) is 0 Å².